The second kappa shape index (κ2) is 7.49. The van der Waals surface area contributed by atoms with Crippen LogP contribution >= 0.6 is 0 Å². The summed E-state index contributed by atoms with van der Waals surface area (Å²) in [5.41, 5.74) is 3.07. The van der Waals surface area contributed by atoms with Gasteiger partial charge >= 0.3 is 0 Å². The smallest absolute Gasteiger partial charge is 0.258 e. The van der Waals surface area contributed by atoms with Crippen molar-refractivity contribution in [3.8, 4) is 16.9 Å². The Labute approximate surface area is 142 Å². The highest BCUT2D eigenvalue weighted by molar-refractivity contribution is 5.78. The Kier molecular flexibility index (Phi) is 5.15. The average Bonchev–Trinajstić information content (AvgIpc) is 3.01. The van der Waals surface area contributed by atoms with E-state index in [0.29, 0.717) is 5.75 Å². The lowest BCUT2D eigenvalue weighted by Crippen LogP contribution is -2.44. The molecule has 1 aromatic heterocycles. The van der Waals surface area contributed by atoms with Crippen molar-refractivity contribution in [3.05, 3.63) is 36.2 Å². The molecular formula is C18H24N4O2. The fourth-order valence-corrected chi connectivity index (χ4v) is 2.97. The van der Waals surface area contributed by atoms with Crippen LogP contribution in [-0.4, -0.2) is 53.8 Å². The summed E-state index contributed by atoms with van der Waals surface area (Å²) in [6, 6.07) is 7.98. The fraction of sp³-hybridized carbons (Fsp3) is 0.444. The lowest BCUT2D eigenvalue weighted by molar-refractivity contribution is -0.124. The first-order valence-corrected chi connectivity index (χ1v) is 8.33. The minimum atomic E-state index is -0.0607. The van der Waals surface area contributed by atoms with Crippen molar-refractivity contribution in [1.29, 1.82) is 0 Å². The number of carbonyl (C=O) groups is 1. The van der Waals surface area contributed by atoms with Crippen LogP contribution in [0.2, 0.25) is 0 Å². The molecule has 0 radical (unpaired) electrons. The maximum Gasteiger partial charge on any atom is 0.258 e. The van der Waals surface area contributed by atoms with Crippen molar-refractivity contribution in [2.24, 2.45) is 0 Å². The van der Waals surface area contributed by atoms with Gasteiger partial charge < -0.3 is 15.0 Å². The number of aromatic amines is 1. The van der Waals surface area contributed by atoms with Gasteiger partial charge in [0.15, 0.2) is 6.61 Å². The summed E-state index contributed by atoms with van der Waals surface area (Å²) >= 11 is 0. The second-order valence-corrected chi connectivity index (χ2v) is 6.37. The number of hydrogen-bond donors (Lipinski definition) is 2. The first-order valence-electron chi connectivity index (χ1n) is 8.33. The SMILES string of the molecule is Cc1[nH]ncc1-c1cccc(OCC(=O)NC2CCN(C)CC2)c1. The third-order valence-electron chi connectivity index (χ3n) is 4.43. The Morgan fingerprint density at radius 2 is 2.21 bits per heavy atom. The molecule has 2 aromatic rings. The third-order valence-corrected chi connectivity index (χ3v) is 4.43. The van der Waals surface area contributed by atoms with Crippen LogP contribution in [0.15, 0.2) is 30.5 Å². The lowest BCUT2D eigenvalue weighted by atomic mass is 10.1. The van der Waals surface area contributed by atoms with E-state index in [0.717, 1.165) is 42.8 Å². The molecule has 1 amide bonds. The molecule has 1 aromatic carbocycles. The molecule has 1 aliphatic rings. The van der Waals surface area contributed by atoms with Gasteiger partial charge in [-0.3, -0.25) is 9.89 Å². The standard InChI is InChI=1S/C18H24N4O2/c1-13-17(11-19-21-13)14-4-3-5-16(10-14)24-12-18(23)20-15-6-8-22(2)9-7-15/h3-5,10-11,15H,6-9,12H2,1-2H3,(H,19,21)(H,20,23). The van der Waals surface area contributed by atoms with E-state index in [9.17, 15) is 4.79 Å². The van der Waals surface area contributed by atoms with Gasteiger partial charge in [0, 0.05) is 17.3 Å². The molecule has 1 aliphatic heterocycles. The summed E-state index contributed by atoms with van der Waals surface area (Å²) < 4.78 is 5.66. The maximum atomic E-state index is 12.1. The van der Waals surface area contributed by atoms with Gasteiger partial charge in [-0.15, -0.1) is 0 Å². The van der Waals surface area contributed by atoms with Crippen LogP contribution in [0, 0.1) is 6.92 Å². The van der Waals surface area contributed by atoms with Crippen LogP contribution in [0.1, 0.15) is 18.5 Å². The number of ether oxygens (including phenoxy) is 1. The second-order valence-electron chi connectivity index (χ2n) is 6.37. The Morgan fingerprint density at radius 1 is 1.42 bits per heavy atom. The van der Waals surface area contributed by atoms with E-state index in [4.69, 9.17) is 4.74 Å². The largest absolute Gasteiger partial charge is 0.484 e. The van der Waals surface area contributed by atoms with Crippen LogP contribution in [-0.2, 0) is 4.79 Å². The maximum absolute atomic E-state index is 12.1. The number of aryl methyl sites for hydroxylation is 1. The van der Waals surface area contributed by atoms with E-state index in [1.165, 1.54) is 0 Å². The zero-order valence-electron chi connectivity index (χ0n) is 14.2. The first kappa shape index (κ1) is 16.5. The molecule has 3 rings (SSSR count). The van der Waals surface area contributed by atoms with Crippen molar-refractivity contribution >= 4 is 5.91 Å². The Hall–Kier alpha value is -2.34. The van der Waals surface area contributed by atoms with E-state index < -0.39 is 0 Å². The highest BCUT2D eigenvalue weighted by Crippen LogP contribution is 2.25. The highest BCUT2D eigenvalue weighted by Gasteiger charge is 2.18. The highest BCUT2D eigenvalue weighted by atomic mass is 16.5. The number of rotatable bonds is 5. The van der Waals surface area contributed by atoms with Crippen LogP contribution in [0.25, 0.3) is 11.1 Å². The monoisotopic (exact) mass is 328 g/mol. The number of likely N-dealkylation sites (tertiary alicyclic amines) is 1. The van der Waals surface area contributed by atoms with Gasteiger partial charge in [-0.2, -0.15) is 5.10 Å². The van der Waals surface area contributed by atoms with E-state index in [1.54, 1.807) is 6.20 Å². The predicted octanol–water partition coefficient (Wildman–Crippen LogP) is 1.97. The number of nitrogens with zero attached hydrogens (tertiary/aromatic N) is 2. The van der Waals surface area contributed by atoms with Gasteiger partial charge in [0.2, 0.25) is 0 Å². The Balaban J connectivity index is 1.53. The molecule has 0 atom stereocenters. The molecule has 0 unspecified atom stereocenters. The topological polar surface area (TPSA) is 70.2 Å². The van der Waals surface area contributed by atoms with Crippen LogP contribution in [0.4, 0.5) is 0 Å². The summed E-state index contributed by atoms with van der Waals surface area (Å²) in [6.07, 6.45) is 3.79. The number of piperidine rings is 1. The average molecular weight is 328 g/mol. The van der Waals surface area contributed by atoms with E-state index in [1.807, 2.05) is 31.2 Å². The normalized spacial score (nSPS) is 16.1. The molecule has 6 heteroatoms. The molecule has 0 bridgehead atoms. The molecular weight excluding hydrogens is 304 g/mol. The van der Waals surface area contributed by atoms with Crippen molar-refractivity contribution < 1.29 is 9.53 Å². The molecule has 2 N–H and O–H groups in total. The number of hydrogen-bond acceptors (Lipinski definition) is 4. The van der Waals surface area contributed by atoms with Gasteiger partial charge in [-0.05, 0) is 57.6 Å². The number of H-pyrrole nitrogens is 1. The molecule has 0 spiro atoms. The molecule has 0 saturated carbocycles. The quantitative estimate of drug-likeness (QED) is 0.880. The zero-order chi connectivity index (χ0) is 16.9. The third kappa shape index (κ3) is 4.14. The van der Waals surface area contributed by atoms with E-state index in [-0.39, 0.29) is 18.6 Å². The molecule has 1 saturated heterocycles. The number of amides is 1. The van der Waals surface area contributed by atoms with Gasteiger partial charge in [-0.1, -0.05) is 12.1 Å². The Morgan fingerprint density at radius 3 is 2.92 bits per heavy atom. The predicted molar refractivity (Wildman–Crippen MR) is 92.9 cm³/mol. The van der Waals surface area contributed by atoms with Gasteiger partial charge in [0.25, 0.3) is 5.91 Å². The van der Waals surface area contributed by atoms with Crippen molar-refractivity contribution in [3.63, 3.8) is 0 Å². The summed E-state index contributed by atoms with van der Waals surface area (Å²) in [7, 11) is 2.11. The Bertz CT molecular complexity index is 690. The van der Waals surface area contributed by atoms with Gasteiger partial charge in [0.1, 0.15) is 5.75 Å². The summed E-state index contributed by atoms with van der Waals surface area (Å²) in [4.78, 5) is 14.3. The molecule has 0 aliphatic carbocycles. The summed E-state index contributed by atoms with van der Waals surface area (Å²) in [6.45, 7) is 4.07. The van der Waals surface area contributed by atoms with Crippen molar-refractivity contribution in [1.82, 2.24) is 20.4 Å². The van der Waals surface area contributed by atoms with Gasteiger partial charge in [0.05, 0.1) is 6.20 Å². The minimum absolute atomic E-state index is 0.0418. The van der Waals surface area contributed by atoms with Gasteiger partial charge in [-0.25, -0.2) is 0 Å². The molecule has 1 fully saturated rings. The van der Waals surface area contributed by atoms with Crippen LogP contribution < -0.4 is 10.1 Å². The van der Waals surface area contributed by atoms with Crippen molar-refractivity contribution in [2.75, 3.05) is 26.7 Å². The summed E-state index contributed by atoms with van der Waals surface area (Å²) in [5, 5.41) is 10.0. The van der Waals surface area contributed by atoms with Crippen LogP contribution in [0.5, 0.6) is 5.75 Å². The molecule has 2 heterocycles. The van der Waals surface area contributed by atoms with E-state index in [2.05, 4.69) is 27.5 Å². The number of aromatic nitrogens is 2. The molecule has 24 heavy (non-hydrogen) atoms. The van der Waals surface area contributed by atoms with Crippen molar-refractivity contribution in [2.45, 2.75) is 25.8 Å². The molecule has 128 valence electrons. The minimum Gasteiger partial charge on any atom is -0.484 e. The summed E-state index contributed by atoms with van der Waals surface area (Å²) in [5.74, 6) is 0.626. The van der Waals surface area contributed by atoms with Crippen LogP contribution in [0.3, 0.4) is 0 Å². The fourth-order valence-electron chi connectivity index (χ4n) is 2.97. The first-order chi connectivity index (χ1) is 11.6. The number of nitrogens with one attached hydrogen (secondary N) is 2. The zero-order valence-corrected chi connectivity index (χ0v) is 14.2. The molecule has 6 nitrogen and oxygen atoms in total. The number of carbonyl (C=O) groups excluding carboxylic acids is 1. The number of benzene rings is 1. The lowest BCUT2D eigenvalue weighted by Gasteiger charge is -2.29. The van der Waals surface area contributed by atoms with E-state index >= 15 is 0 Å².